The molecule has 0 saturated heterocycles. The maximum atomic E-state index is 11.5. The summed E-state index contributed by atoms with van der Waals surface area (Å²) >= 11 is 5.06. The molecule has 2 nitrogen and oxygen atoms in total. The van der Waals surface area contributed by atoms with Gasteiger partial charge in [-0.3, -0.25) is 4.79 Å². The van der Waals surface area contributed by atoms with Gasteiger partial charge in [-0.25, -0.2) is 0 Å². The number of unbranched alkanes of at least 4 members (excludes halogenated alkanes) is 1. The van der Waals surface area contributed by atoms with Crippen LogP contribution < -0.4 is 5.32 Å². The Morgan fingerprint density at radius 3 is 3.00 bits per heavy atom. The minimum absolute atomic E-state index is 0.170. The fraction of sp³-hybridized carbons (Fsp3) is 0.583. The number of hydrogen-bond acceptors (Lipinski definition) is 2. The van der Waals surface area contributed by atoms with Crippen molar-refractivity contribution >= 4 is 33.2 Å². The first-order valence-electron chi connectivity index (χ1n) is 5.58. The third-order valence-electron chi connectivity index (χ3n) is 2.32. The quantitative estimate of drug-likeness (QED) is 0.607. The van der Waals surface area contributed by atoms with Crippen molar-refractivity contribution in [1.82, 2.24) is 5.32 Å². The van der Waals surface area contributed by atoms with Crippen molar-refractivity contribution < 1.29 is 4.79 Å². The lowest BCUT2D eigenvalue weighted by atomic mass is 10.1. The van der Waals surface area contributed by atoms with E-state index in [1.807, 2.05) is 0 Å². The van der Waals surface area contributed by atoms with Gasteiger partial charge in [-0.05, 0) is 48.6 Å². The van der Waals surface area contributed by atoms with Crippen LogP contribution >= 0.6 is 27.3 Å². The Labute approximate surface area is 110 Å². The van der Waals surface area contributed by atoms with Crippen molar-refractivity contribution in [2.45, 2.75) is 38.6 Å². The zero-order valence-electron chi connectivity index (χ0n) is 9.54. The van der Waals surface area contributed by atoms with Crippen LogP contribution in [-0.2, 0) is 11.2 Å². The molecule has 0 aliphatic carbocycles. The van der Waals surface area contributed by atoms with Crippen LogP contribution in [0.15, 0.2) is 16.8 Å². The number of rotatable bonds is 7. The van der Waals surface area contributed by atoms with Crippen molar-refractivity contribution in [3.63, 3.8) is 0 Å². The molecule has 1 N–H and O–H groups in total. The highest BCUT2D eigenvalue weighted by molar-refractivity contribution is 9.09. The van der Waals surface area contributed by atoms with Crippen LogP contribution in [0.3, 0.4) is 0 Å². The van der Waals surface area contributed by atoms with Crippen LogP contribution in [0.2, 0.25) is 0 Å². The van der Waals surface area contributed by atoms with Gasteiger partial charge in [-0.1, -0.05) is 15.9 Å². The number of halogens is 1. The predicted molar refractivity (Wildman–Crippen MR) is 73.3 cm³/mol. The van der Waals surface area contributed by atoms with Crippen LogP contribution in [0.5, 0.6) is 0 Å². The second-order valence-electron chi connectivity index (χ2n) is 3.95. The van der Waals surface area contributed by atoms with E-state index in [0.29, 0.717) is 6.42 Å². The molecule has 1 aromatic rings. The van der Waals surface area contributed by atoms with Crippen LogP contribution in [0, 0.1) is 0 Å². The summed E-state index contributed by atoms with van der Waals surface area (Å²) in [5.41, 5.74) is 1.30. The number of hydrogen-bond donors (Lipinski definition) is 1. The SMILES string of the molecule is CC(Cc1ccsc1)NC(=O)CCCCBr. The van der Waals surface area contributed by atoms with Crippen LogP contribution in [-0.4, -0.2) is 17.3 Å². The van der Waals surface area contributed by atoms with Gasteiger partial charge in [0.05, 0.1) is 0 Å². The van der Waals surface area contributed by atoms with Gasteiger partial charge in [-0.2, -0.15) is 11.3 Å². The Balaban J connectivity index is 2.18. The van der Waals surface area contributed by atoms with E-state index in [0.717, 1.165) is 24.6 Å². The van der Waals surface area contributed by atoms with Crippen molar-refractivity contribution in [3.05, 3.63) is 22.4 Å². The minimum atomic E-state index is 0.170. The Bertz CT molecular complexity index is 300. The van der Waals surface area contributed by atoms with E-state index in [2.05, 4.69) is 45.0 Å². The standard InChI is InChI=1S/C12H18BrNOS/c1-10(8-11-5-7-16-9-11)14-12(15)4-2-3-6-13/h5,7,9-10H,2-4,6,8H2,1H3,(H,14,15). The summed E-state index contributed by atoms with van der Waals surface area (Å²) in [6.45, 7) is 2.06. The second kappa shape index (κ2) is 7.85. The van der Waals surface area contributed by atoms with E-state index in [1.54, 1.807) is 11.3 Å². The summed E-state index contributed by atoms with van der Waals surface area (Å²) in [7, 11) is 0. The molecule has 1 rings (SSSR count). The van der Waals surface area contributed by atoms with Gasteiger partial charge in [-0.15, -0.1) is 0 Å². The topological polar surface area (TPSA) is 29.1 Å². The van der Waals surface area contributed by atoms with E-state index < -0.39 is 0 Å². The zero-order valence-corrected chi connectivity index (χ0v) is 11.9. The summed E-state index contributed by atoms with van der Waals surface area (Å²) in [4.78, 5) is 11.5. The smallest absolute Gasteiger partial charge is 0.220 e. The molecule has 90 valence electrons. The fourth-order valence-corrected chi connectivity index (χ4v) is 2.62. The second-order valence-corrected chi connectivity index (χ2v) is 5.52. The molecule has 4 heteroatoms. The van der Waals surface area contributed by atoms with Crippen molar-refractivity contribution in [1.29, 1.82) is 0 Å². The minimum Gasteiger partial charge on any atom is -0.353 e. The molecular weight excluding hydrogens is 286 g/mol. The number of carbonyl (C=O) groups excluding carboxylic acids is 1. The molecule has 0 aliphatic heterocycles. The zero-order chi connectivity index (χ0) is 11.8. The highest BCUT2D eigenvalue weighted by Gasteiger charge is 2.07. The van der Waals surface area contributed by atoms with E-state index >= 15 is 0 Å². The first-order chi connectivity index (χ1) is 7.72. The number of alkyl halides is 1. The molecule has 0 aliphatic rings. The first kappa shape index (κ1) is 13.7. The Kier molecular flexibility index (Phi) is 6.73. The summed E-state index contributed by atoms with van der Waals surface area (Å²) in [5.74, 6) is 0.170. The van der Waals surface area contributed by atoms with Crippen LogP contribution in [0.25, 0.3) is 0 Å². The maximum Gasteiger partial charge on any atom is 0.220 e. The highest BCUT2D eigenvalue weighted by Crippen LogP contribution is 2.08. The van der Waals surface area contributed by atoms with Gasteiger partial charge in [0, 0.05) is 17.8 Å². The molecule has 1 amide bonds. The predicted octanol–water partition coefficient (Wildman–Crippen LogP) is 3.36. The number of amides is 1. The van der Waals surface area contributed by atoms with Gasteiger partial charge >= 0.3 is 0 Å². The molecule has 0 saturated carbocycles. The molecule has 0 aromatic carbocycles. The van der Waals surface area contributed by atoms with Gasteiger partial charge in [0.2, 0.25) is 5.91 Å². The number of thiophene rings is 1. The Morgan fingerprint density at radius 1 is 1.56 bits per heavy atom. The molecule has 1 aromatic heterocycles. The molecule has 1 unspecified atom stereocenters. The summed E-state index contributed by atoms with van der Waals surface area (Å²) in [6.07, 6.45) is 3.59. The van der Waals surface area contributed by atoms with Crippen LogP contribution in [0.4, 0.5) is 0 Å². The largest absolute Gasteiger partial charge is 0.353 e. The van der Waals surface area contributed by atoms with Gasteiger partial charge < -0.3 is 5.32 Å². The third kappa shape index (κ3) is 5.66. The average molecular weight is 304 g/mol. The van der Waals surface area contributed by atoms with Gasteiger partial charge in [0.15, 0.2) is 0 Å². The molecule has 0 radical (unpaired) electrons. The molecule has 1 atom stereocenters. The van der Waals surface area contributed by atoms with E-state index in [4.69, 9.17) is 0 Å². The molecule has 0 bridgehead atoms. The lowest BCUT2D eigenvalue weighted by molar-refractivity contribution is -0.121. The average Bonchev–Trinajstić information content (AvgIpc) is 2.70. The van der Waals surface area contributed by atoms with Gasteiger partial charge in [0.25, 0.3) is 0 Å². The monoisotopic (exact) mass is 303 g/mol. The van der Waals surface area contributed by atoms with E-state index in [-0.39, 0.29) is 11.9 Å². The lowest BCUT2D eigenvalue weighted by Crippen LogP contribution is -2.33. The van der Waals surface area contributed by atoms with Gasteiger partial charge in [0.1, 0.15) is 0 Å². The van der Waals surface area contributed by atoms with Crippen molar-refractivity contribution in [2.75, 3.05) is 5.33 Å². The van der Waals surface area contributed by atoms with Crippen molar-refractivity contribution in [2.24, 2.45) is 0 Å². The molecule has 1 heterocycles. The maximum absolute atomic E-state index is 11.5. The number of nitrogens with one attached hydrogen (secondary N) is 1. The van der Waals surface area contributed by atoms with Crippen molar-refractivity contribution in [3.8, 4) is 0 Å². The normalized spacial score (nSPS) is 12.4. The number of carbonyl (C=O) groups is 1. The van der Waals surface area contributed by atoms with Crippen LogP contribution in [0.1, 0.15) is 31.7 Å². The summed E-state index contributed by atoms with van der Waals surface area (Å²) in [6, 6.07) is 2.34. The fourth-order valence-electron chi connectivity index (χ4n) is 1.54. The Morgan fingerprint density at radius 2 is 2.38 bits per heavy atom. The summed E-state index contributed by atoms with van der Waals surface area (Å²) < 4.78 is 0. The van der Waals surface area contributed by atoms with E-state index in [9.17, 15) is 4.79 Å². The first-order valence-corrected chi connectivity index (χ1v) is 7.65. The molecular formula is C12H18BrNOS. The highest BCUT2D eigenvalue weighted by atomic mass is 79.9. The lowest BCUT2D eigenvalue weighted by Gasteiger charge is -2.12. The molecule has 0 spiro atoms. The summed E-state index contributed by atoms with van der Waals surface area (Å²) in [5, 5.41) is 8.21. The molecule has 16 heavy (non-hydrogen) atoms. The Hall–Kier alpha value is -0.350. The third-order valence-corrected chi connectivity index (χ3v) is 3.61. The molecule has 0 fully saturated rings. The van der Waals surface area contributed by atoms with E-state index in [1.165, 1.54) is 5.56 Å².